The number of carboxylic acids is 1. The third kappa shape index (κ3) is 2.83. The van der Waals surface area contributed by atoms with Crippen molar-refractivity contribution in [3.8, 4) is 5.75 Å². The molecular weight excluding hydrogens is 300 g/mol. The van der Waals surface area contributed by atoms with Crippen LogP contribution in [0.25, 0.3) is 0 Å². The second-order valence-electron chi connectivity index (χ2n) is 4.23. The third-order valence-corrected chi connectivity index (χ3v) is 4.90. The zero-order chi connectivity index (χ0) is 14.9. The van der Waals surface area contributed by atoms with Crippen LogP contribution in [-0.2, 0) is 10.1 Å². The van der Waals surface area contributed by atoms with Crippen molar-refractivity contribution in [3.63, 3.8) is 0 Å². The van der Waals surface area contributed by atoms with Crippen LogP contribution in [0, 0.1) is 13.8 Å². The highest BCUT2D eigenvalue weighted by atomic mass is 32.2. The molecule has 0 atom stereocenters. The van der Waals surface area contributed by atoms with E-state index in [0.717, 1.165) is 16.9 Å². The Morgan fingerprint density at radius 1 is 1.25 bits per heavy atom. The van der Waals surface area contributed by atoms with Gasteiger partial charge in [-0.1, -0.05) is 12.1 Å². The maximum atomic E-state index is 12.2. The van der Waals surface area contributed by atoms with Crippen LogP contribution in [-0.4, -0.2) is 19.5 Å². The Labute approximate surface area is 120 Å². The monoisotopic (exact) mass is 312 g/mol. The fourth-order valence-corrected chi connectivity index (χ4v) is 3.62. The standard InChI is InChI=1S/C13H12O5S2/c1-8-3-4-9(2)11(7-8)20(16,17)18-10-5-6-19-12(10)13(14)15/h3-7H,1-2H3,(H,14,15). The lowest BCUT2D eigenvalue weighted by atomic mass is 10.2. The molecule has 5 nitrogen and oxygen atoms in total. The van der Waals surface area contributed by atoms with Gasteiger partial charge >= 0.3 is 16.1 Å². The van der Waals surface area contributed by atoms with E-state index in [-0.39, 0.29) is 15.5 Å². The zero-order valence-electron chi connectivity index (χ0n) is 10.8. The Kier molecular flexibility index (Phi) is 3.82. The normalized spacial score (nSPS) is 11.3. The molecule has 1 aromatic heterocycles. The highest BCUT2D eigenvalue weighted by molar-refractivity contribution is 7.87. The minimum atomic E-state index is -4.05. The number of hydrogen-bond acceptors (Lipinski definition) is 5. The summed E-state index contributed by atoms with van der Waals surface area (Å²) in [7, 11) is -4.05. The maximum Gasteiger partial charge on any atom is 0.349 e. The molecule has 0 radical (unpaired) electrons. The summed E-state index contributed by atoms with van der Waals surface area (Å²) in [5.41, 5.74) is 1.32. The van der Waals surface area contributed by atoms with Crippen LogP contribution in [0.15, 0.2) is 34.5 Å². The molecule has 1 heterocycles. The third-order valence-electron chi connectivity index (χ3n) is 2.64. The summed E-state index contributed by atoms with van der Waals surface area (Å²) in [4.78, 5) is 10.9. The Balaban J connectivity index is 2.44. The molecule has 0 bridgehead atoms. The molecule has 0 saturated carbocycles. The van der Waals surface area contributed by atoms with Gasteiger partial charge in [0.25, 0.3) is 0 Å². The lowest BCUT2D eigenvalue weighted by Gasteiger charge is -2.09. The molecule has 0 aliphatic heterocycles. The van der Waals surface area contributed by atoms with E-state index >= 15 is 0 Å². The number of carbonyl (C=O) groups is 1. The van der Waals surface area contributed by atoms with E-state index in [9.17, 15) is 13.2 Å². The predicted molar refractivity (Wildman–Crippen MR) is 75.0 cm³/mol. The highest BCUT2D eigenvalue weighted by Crippen LogP contribution is 2.29. The van der Waals surface area contributed by atoms with Gasteiger partial charge in [-0.15, -0.1) is 11.3 Å². The summed E-state index contributed by atoms with van der Waals surface area (Å²) in [6.45, 7) is 3.42. The number of aromatic carboxylic acids is 1. The van der Waals surface area contributed by atoms with Crippen LogP contribution in [0.5, 0.6) is 5.75 Å². The fraction of sp³-hybridized carbons (Fsp3) is 0.154. The van der Waals surface area contributed by atoms with Crippen molar-refractivity contribution in [3.05, 3.63) is 45.6 Å². The minimum Gasteiger partial charge on any atom is -0.477 e. The van der Waals surface area contributed by atoms with Gasteiger partial charge in [0.1, 0.15) is 4.90 Å². The van der Waals surface area contributed by atoms with Gasteiger partial charge in [-0.2, -0.15) is 8.42 Å². The first-order chi connectivity index (χ1) is 9.31. The van der Waals surface area contributed by atoms with Crippen LogP contribution < -0.4 is 4.18 Å². The van der Waals surface area contributed by atoms with E-state index in [1.807, 2.05) is 0 Å². The molecule has 20 heavy (non-hydrogen) atoms. The van der Waals surface area contributed by atoms with Crippen LogP contribution in [0.3, 0.4) is 0 Å². The van der Waals surface area contributed by atoms with E-state index in [0.29, 0.717) is 5.56 Å². The summed E-state index contributed by atoms with van der Waals surface area (Å²) in [5, 5.41) is 10.4. The molecule has 0 spiro atoms. The first-order valence-electron chi connectivity index (χ1n) is 5.64. The van der Waals surface area contributed by atoms with Gasteiger partial charge in [0, 0.05) is 0 Å². The molecule has 0 fully saturated rings. The Hall–Kier alpha value is -1.86. The quantitative estimate of drug-likeness (QED) is 0.878. The first kappa shape index (κ1) is 14.5. The van der Waals surface area contributed by atoms with E-state index in [1.54, 1.807) is 26.0 Å². The molecule has 2 rings (SSSR count). The number of hydrogen-bond donors (Lipinski definition) is 1. The van der Waals surface area contributed by atoms with E-state index in [4.69, 9.17) is 9.29 Å². The number of thiophene rings is 1. The summed E-state index contributed by atoms with van der Waals surface area (Å²) >= 11 is 0.912. The van der Waals surface area contributed by atoms with Crippen molar-refractivity contribution >= 4 is 27.4 Å². The van der Waals surface area contributed by atoms with E-state index < -0.39 is 16.1 Å². The summed E-state index contributed by atoms with van der Waals surface area (Å²) in [6, 6.07) is 6.30. The van der Waals surface area contributed by atoms with Gasteiger partial charge in [0.05, 0.1) is 0 Å². The molecule has 1 N–H and O–H groups in total. The smallest absolute Gasteiger partial charge is 0.349 e. The summed E-state index contributed by atoms with van der Waals surface area (Å²) in [5.74, 6) is -1.38. The van der Waals surface area contributed by atoms with Crippen molar-refractivity contribution in [2.24, 2.45) is 0 Å². The molecule has 0 saturated heterocycles. The van der Waals surface area contributed by atoms with Gasteiger partial charge in [-0.05, 0) is 42.5 Å². The minimum absolute atomic E-state index is 0.0417. The first-order valence-corrected chi connectivity index (χ1v) is 7.92. The maximum absolute atomic E-state index is 12.2. The van der Waals surface area contributed by atoms with Crippen molar-refractivity contribution in [2.45, 2.75) is 18.7 Å². The highest BCUT2D eigenvalue weighted by Gasteiger charge is 2.23. The van der Waals surface area contributed by atoms with Gasteiger partial charge in [-0.3, -0.25) is 0 Å². The molecule has 106 valence electrons. The zero-order valence-corrected chi connectivity index (χ0v) is 12.4. The van der Waals surface area contributed by atoms with Crippen LogP contribution in [0.2, 0.25) is 0 Å². The molecule has 0 aliphatic carbocycles. The Bertz CT molecular complexity index is 759. The van der Waals surface area contributed by atoms with E-state index in [1.165, 1.54) is 17.5 Å². The topological polar surface area (TPSA) is 80.7 Å². The summed E-state index contributed by atoms with van der Waals surface area (Å²) in [6.07, 6.45) is 0. The van der Waals surface area contributed by atoms with Crippen molar-refractivity contribution in [2.75, 3.05) is 0 Å². The number of carboxylic acid groups (broad SMARTS) is 1. The number of aryl methyl sites for hydroxylation is 2. The summed E-state index contributed by atoms with van der Waals surface area (Å²) < 4.78 is 29.4. The molecular formula is C13H12O5S2. The van der Waals surface area contributed by atoms with Gasteiger partial charge < -0.3 is 9.29 Å². The second-order valence-corrected chi connectivity index (χ2v) is 6.66. The number of rotatable bonds is 4. The van der Waals surface area contributed by atoms with Crippen LogP contribution in [0.4, 0.5) is 0 Å². The number of benzene rings is 1. The van der Waals surface area contributed by atoms with Crippen molar-refractivity contribution in [1.82, 2.24) is 0 Å². The average molecular weight is 312 g/mol. The van der Waals surface area contributed by atoms with Gasteiger partial charge in [-0.25, -0.2) is 4.79 Å². The molecule has 2 aromatic rings. The van der Waals surface area contributed by atoms with E-state index in [2.05, 4.69) is 0 Å². The average Bonchev–Trinajstić information content (AvgIpc) is 2.79. The lowest BCUT2D eigenvalue weighted by Crippen LogP contribution is -2.12. The Morgan fingerprint density at radius 3 is 2.60 bits per heavy atom. The largest absolute Gasteiger partial charge is 0.477 e. The molecule has 0 aliphatic rings. The molecule has 7 heteroatoms. The van der Waals surface area contributed by atoms with Crippen molar-refractivity contribution in [1.29, 1.82) is 0 Å². The predicted octanol–water partition coefficient (Wildman–Crippen LogP) is 2.83. The van der Waals surface area contributed by atoms with Crippen LogP contribution in [0.1, 0.15) is 20.8 Å². The molecule has 1 aromatic carbocycles. The fourth-order valence-electron chi connectivity index (χ4n) is 1.66. The Morgan fingerprint density at radius 2 is 1.95 bits per heavy atom. The SMILES string of the molecule is Cc1ccc(C)c(S(=O)(=O)Oc2ccsc2C(=O)O)c1. The molecule has 0 unspecified atom stereocenters. The van der Waals surface area contributed by atoms with Crippen LogP contribution >= 0.6 is 11.3 Å². The van der Waals surface area contributed by atoms with Gasteiger partial charge in [0.15, 0.2) is 10.6 Å². The van der Waals surface area contributed by atoms with Gasteiger partial charge in [0.2, 0.25) is 0 Å². The van der Waals surface area contributed by atoms with Crippen molar-refractivity contribution < 1.29 is 22.5 Å². The lowest BCUT2D eigenvalue weighted by molar-refractivity contribution is 0.0700. The second kappa shape index (κ2) is 5.26. The molecule has 0 amide bonds.